The number of aliphatic hydroxyl groups excluding tert-OH is 1. The molecule has 3 aromatic rings. The summed E-state index contributed by atoms with van der Waals surface area (Å²) in [5.41, 5.74) is 3.60. The van der Waals surface area contributed by atoms with Crippen LogP contribution in [0.2, 0.25) is 0 Å². The Morgan fingerprint density at radius 1 is 0.606 bits per heavy atom. The first-order valence-corrected chi connectivity index (χ1v) is 12.1. The van der Waals surface area contributed by atoms with Gasteiger partial charge in [0.05, 0.1) is 19.3 Å². The first kappa shape index (κ1) is 25.2. The maximum absolute atomic E-state index is 11.2. The minimum atomic E-state index is -0.407. The first-order chi connectivity index (χ1) is 16.1. The Hall–Kier alpha value is -2.46. The Bertz CT molecular complexity index is 831. The van der Waals surface area contributed by atoms with Crippen LogP contribution in [0.3, 0.4) is 0 Å². The minimum absolute atomic E-state index is 0.0975. The van der Waals surface area contributed by atoms with Gasteiger partial charge in [-0.05, 0) is 47.3 Å². The van der Waals surface area contributed by atoms with Gasteiger partial charge in [-0.15, -0.1) is 0 Å². The van der Waals surface area contributed by atoms with Crippen molar-refractivity contribution in [3.63, 3.8) is 0 Å². The fraction of sp³-hybridized carbons (Fsp3) is 0.400. The molecule has 0 fully saturated rings. The summed E-state index contributed by atoms with van der Waals surface area (Å²) in [6.07, 6.45) is 1.20. The molecule has 3 heteroatoms. The van der Waals surface area contributed by atoms with Gasteiger partial charge in [-0.3, -0.25) is 0 Å². The second-order valence-corrected chi connectivity index (χ2v) is 9.12. The van der Waals surface area contributed by atoms with E-state index >= 15 is 0 Å². The van der Waals surface area contributed by atoms with Crippen molar-refractivity contribution in [2.24, 2.45) is 17.8 Å². The first-order valence-electron chi connectivity index (χ1n) is 12.1. The predicted molar refractivity (Wildman–Crippen MR) is 135 cm³/mol. The summed E-state index contributed by atoms with van der Waals surface area (Å²) in [6.45, 7) is 6.80. The number of benzene rings is 3. The lowest BCUT2D eigenvalue weighted by Gasteiger charge is -2.33. The molecule has 0 aromatic heterocycles. The highest BCUT2D eigenvalue weighted by Gasteiger charge is 2.30. The van der Waals surface area contributed by atoms with Gasteiger partial charge in [0.15, 0.2) is 0 Å². The minimum Gasteiger partial charge on any atom is -0.393 e. The van der Waals surface area contributed by atoms with Crippen molar-refractivity contribution in [3.05, 3.63) is 108 Å². The third kappa shape index (κ3) is 8.77. The van der Waals surface area contributed by atoms with Crippen molar-refractivity contribution in [3.8, 4) is 0 Å². The van der Waals surface area contributed by atoms with E-state index in [2.05, 4.69) is 62.4 Å². The molecular weight excluding hydrogens is 408 g/mol. The van der Waals surface area contributed by atoms with Crippen LogP contribution in [0.5, 0.6) is 0 Å². The van der Waals surface area contributed by atoms with Gasteiger partial charge in [-0.2, -0.15) is 0 Å². The molecule has 3 nitrogen and oxygen atoms in total. The maximum atomic E-state index is 11.2. The van der Waals surface area contributed by atoms with Gasteiger partial charge in [-0.25, -0.2) is 0 Å². The van der Waals surface area contributed by atoms with Crippen LogP contribution in [-0.4, -0.2) is 24.4 Å². The van der Waals surface area contributed by atoms with Crippen molar-refractivity contribution in [2.45, 2.75) is 46.0 Å². The van der Waals surface area contributed by atoms with Gasteiger partial charge in [0, 0.05) is 13.2 Å². The topological polar surface area (TPSA) is 38.7 Å². The Labute approximate surface area is 199 Å². The average molecular weight is 447 g/mol. The molecule has 0 aliphatic rings. The Balaban J connectivity index is 1.56. The molecule has 3 rings (SSSR count). The summed E-state index contributed by atoms with van der Waals surface area (Å²) in [6, 6.07) is 30.9. The van der Waals surface area contributed by atoms with Crippen molar-refractivity contribution in [1.29, 1.82) is 0 Å². The molecule has 1 N–H and O–H groups in total. The van der Waals surface area contributed by atoms with Gasteiger partial charge < -0.3 is 14.6 Å². The second kappa shape index (κ2) is 13.9. The van der Waals surface area contributed by atoms with E-state index in [-0.39, 0.29) is 17.8 Å². The second-order valence-electron chi connectivity index (χ2n) is 9.12. The van der Waals surface area contributed by atoms with Crippen LogP contribution in [0.25, 0.3) is 0 Å². The lowest BCUT2D eigenvalue weighted by molar-refractivity contribution is -0.0293. The number of hydrogen-bond acceptors (Lipinski definition) is 3. The summed E-state index contributed by atoms with van der Waals surface area (Å²) in [4.78, 5) is 0. The molecule has 176 valence electrons. The third-order valence-corrected chi connectivity index (χ3v) is 6.31. The molecular formula is C30H38O3. The molecule has 0 bridgehead atoms. The van der Waals surface area contributed by atoms with E-state index in [4.69, 9.17) is 9.47 Å². The van der Waals surface area contributed by atoms with Crippen molar-refractivity contribution < 1.29 is 14.6 Å². The zero-order valence-electron chi connectivity index (χ0n) is 20.0. The van der Waals surface area contributed by atoms with Crippen molar-refractivity contribution in [1.82, 2.24) is 0 Å². The van der Waals surface area contributed by atoms with E-state index < -0.39 is 6.10 Å². The van der Waals surface area contributed by atoms with E-state index in [0.29, 0.717) is 26.4 Å². The summed E-state index contributed by atoms with van der Waals surface area (Å²) in [5.74, 6) is 0.532. The summed E-state index contributed by atoms with van der Waals surface area (Å²) in [7, 11) is 0. The molecule has 0 radical (unpaired) electrons. The molecule has 0 saturated carbocycles. The summed E-state index contributed by atoms with van der Waals surface area (Å²) < 4.78 is 12.1. The Kier molecular flexibility index (Phi) is 10.6. The lowest BCUT2D eigenvalue weighted by Crippen LogP contribution is -2.36. The van der Waals surface area contributed by atoms with Crippen LogP contribution in [-0.2, 0) is 29.1 Å². The van der Waals surface area contributed by atoms with Gasteiger partial charge in [0.25, 0.3) is 0 Å². The lowest BCUT2D eigenvalue weighted by atomic mass is 9.78. The molecule has 0 spiro atoms. The van der Waals surface area contributed by atoms with Crippen LogP contribution >= 0.6 is 0 Å². The van der Waals surface area contributed by atoms with Crippen molar-refractivity contribution in [2.75, 3.05) is 13.2 Å². The molecule has 0 unspecified atom stereocenters. The number of aliphatic hydroxyl groups is 1. The van der Waals surface area contributed by atoms with Crippen LogP contribution in [0.4, 0.5) is 0 Å². The highest BCUT2D eigenvalue weighted by atomic mass is 16.5. The molecule has 0 aliphatic heterocycles. The number of rotatable bonds is 14. The maximum Gasteiger partial charge on any atom is 0.0717 e. The SMILES string of the molecule is C[C@@H](COCc1ccccc1)C([C@H](O)CCc1ccccc1)[C@@H](C)COCc1ccccc1. The van der Waals surface area contributed by atoms with Gasteiger partial charge in [0.2, 0.25) is 0 Å². The molecule has 0 amide bonds. The van der Waals surface area contributed by atoms with Gasteiger partial charge >= 0.3 is 0 Å². The Morgan fingerprint density at radius 3 is 1.42 bits per heavy atom. The van der Waals surface area contributed by atoms with E-state index in [0.717, 1.165) is 12.8 Å². The number of ether oxygens (including phenoxy) is 2. The van der Waals surface area contributed by atoms with Gasteiger partial charge in [-0.1, -0.05) is 105 Å². The fourth-order valence-electron chi connectivity index (χ4n) is 4.57. The van der Waals surface area contributed by atoms with Crippen LogP contribution < -0.4 is 0 Å². The van der Waals surface area contributed by atoms with Gasteiger partial charge in [0.1, 0.15) is 0 Å². The summed E-state index contributed by atoms with van der Waals surface area (Å²) >= 11 is 0. The van der Waals surface area contributed by atoms with Crippen LogP contribution in [0.15, 0.2) is 91.0 Å². The number of aryl methyl sites for hydroxylation is 1. The standard InChI is InChI=1S/C30H38O3/c1-24(20-32-22-27-14-8-4-9-15-27)30(29(31)19-18-26-12-6-3-7-13-26)25(2)21-33-23-28-16-10-5-11-17-28/h3-17,24-25,29-31H,18-23H2,1-2H3/t24-,25-,29+/m0/s1. The van der Waals surface area contributed by atoms with Crippen LogP contribution in [0.1, 0.15) is 37.0 Å². The van der Waals surface area contributed by atoms with E-state index in [1.165, 1.54) is 16.7 Å². The zero-order valence-corrected chi connectivity index (χ0v) is 20.0. The quantitative estimate of drug-likeness (QED) is 0.316. The third-order valence-electron chi connectivity index (χ3n) is 6.31. The Morgan fingerprint density at radius 2 is 1.00 bits per heavy atom. The van der Waals surface area contributed by atoms with E-state index in [9.17, 15) is 5.11 Å². The van der Waals surface area contributed by atoms with Crippen LogP contribution in [0, 0.1) is 17.8 Å². The predicted octanol–water partition coefficient (Wildman–Crippen LogP) is 6.30. The van der Waals surface area contributed by atoms with E-state index in [1.54, 1.807) is 0 Å². The molecule has 0 aliphatic carbocycles. The molecule has 0 saturated heterocycles. The largest absolute Gasteiger partial charge is 0.393 e. The number of hydrogen-bond donors (Lipinski definition) is 1. The van der Waals surface area contributed by atoms with Crippen molar-refractivity contribution >= 4 is 0 Å². The van der Waals surface area contributed by atoms with E-state index in [1.807, 2.05) is 42.5 Å². The molecule has 33 heavy (non-hydrogen) atoms. The fourth-order valence-corrected chi connectivity index (χ4v) is 4.57. The molecule has 3 atom stereocenters. The zero-order chi connectivity index (χ0) is 23.3. The average Bonchev–Trinajstić information content (AvgIpc) is 2.85. The highest BCUT2D eigenvalue weighted by molar-refractivity contribution is 5.15. The highest BCUT2D eigenvalue weighted by Crippen LogP contribution is 2.29. The smallest absolute Gasteiger partial charge is 0.0717 e. The molecule has 3 aromatic carbocycles. The monoisotopic (exact) mass is 446 g/mol. The summed E-state index contributed by atoms with van der Waals surface area (Å²) in [5, 5.41) is 11.2. The normalized spacial score (nSPS) is 14.2. The molecule has 0 heterocycles.